The third-order valence-electron chi connectivity index (χ3n) is 4.49. The van der Waals surface area contributed by atoms with Crippen molar-refractivity contribution in [2.75, 3.05) is 18.2 Å². The van der Waals surface area contributed by atoms with Gasteiger partial charge >= 0.3 is 5.97 Å². The summed E-state index contributed by atoms with van der Waals surface area (Å²) in [6.45, 7) is -0.428. The lowest BCUT2D eigenvalue weighted by molar-refractivity contribution is -0.147. The maximum absolute atomic E-state index is 11.9. The molecule has 0 unspecified atom stereocenters. The Morgan fingerprint density at radius 1 is 1.23 bits per heavy atom. The molecule has 1 amide bonds. The van der Waals surface area contributed by atoms with Gasteiger partial charge in [-0.1, -0.05) is 43.7 Å². The van der Waals surface area contributed by atoms with Crippen molar-refractivity contribution in [1.82, 2.24) is 0 Å². The lowest BCUT2D eigenvalue weighted by atomic mass is 9.86. The van der Waals surface area contributed by atoms with Gasteiger partial charge in [0.05, 0.1) is 15.6 Å². The Labute approximate surface area is 159 Å². The molecule has 1 aromatic carbocycles. The molecule has 0 aliphatic heterocycles. The molecule has 144 valence electrons. The van der Waals surface area contributed by atoms with Crippen LogP contribution in [0.15, 0.2) is 23.1 Å². The van der Waals surface area contributed by atoms with Crippen molar-refractivity contribution >= 4 is 39.0 Å². The Hall–Kier alpha value is -1.60. The van der Waals surface area contributed by atoms with E-state index in [-0.39, 0.29) is 15.6 Å². The highest BCUT2D eigenvalue weighted by molar-refractivity contribution is 7.90. The predicted molar refractivity (Wildman–Crippen MR) is 100.0 cm³/mol. The zero-order chi connectivity index (χ0) is 19.2. The Balaban J connectivity index is 1.80. The van der Waals surface area contributed by atoms with Crippen molar-refractivity contribution in [2.24, 2.45) is 5.92 Å². The van der Waals surface area contributed by atoms with Gasteiger partial charge in [-0.3, -0.25) is 9.59 Å². The maximum Gasteiger partial charge on any atom is 0.306 e. The minimum atomic E-state index is -3.42. The number of amides is 1. The predicted octanol–water partition coefficient (Wildman–Crippen LogP) is 3.59. The summed E-state index contributed by atoms with van der Waals surface area (Å²) in [6.07, 6.45) is 8.18. The van der Waals surface area contributed by atoms with Crippen LogP contribution in [0.2, 0.25) is 5.02 Å². The Bertz CT molecular complexity index is 757. The normalized spacial score (nSPS) is 15.5. The minimum Gasteiger partial charge on any atom is -0.456 e. The van der Waals surface area contributed by atoms with Crippen LogP contribution in [0.3, 0.4) is 0 Å². The third kappa shape index (κ3) is 6.61. The van der Waals surface area contributed by atoms with Crippen LogP contribution in [0.25, 0.3) is 0 Å². The van der Waals surface area contributed by atoms with Gasteiger partial charge in [0.2, 0.25) is 0 Å². The summed E-state index contributed by atoms with van der Waals surface area (Å²) in [6, 6.07) is 4.03. The van der Waals surface area contributed by atoms with Gasteiger partial charge in [0.25, 0.3) is 5.91 Å². The van der Waals surface area contributed by atoms with E-state index in [2.05, 4.69) is 5.32 Å². The first-order valence-corrected chi connectivity index (χ1v) is 11.0. The lowest BCUT2D eigenvalue weighted by Gasteiger charge is -2.20. The van der Waals surface area contributed by atoms with Gasteiger partial charge in [0.1, 0.15) is 0 Å². The lowest BCUT2D eigenvalue weighted by Crippen LogP contribution is -2.21. The van der Waals surface area contributed by atoms with Gasteiger partial charge in [-0.2, -0.15) is 0 Å². The highest BCUT2D eigenvalue weighted by Gasteiger charge is 2.17. The monoisotopic (exact) mass is 401 g/mol. The average molecular weight is 402 g/mol. The van der Waals surface area contributed by atoms with Gasteiger partial charge in [-0.05, 0) is 30.5 Å². The number of rotatable bonds is 7. The molecule has 6 nitrogen and oxygen atoms in total. The van der Waals surface area contributed by atoms with Gasteiger partial charge < -0.3 is 10.1 Å². The molecule has 0 radical (unpaired) electrons. The molecule has 8 heteroatoms. The number of benzene rings is 1. The van der Waals surface area contributed by atoms with E-state index in [1.54, 1.807) is 0 Å². The molecule has 0 heterocycles. The molecule has 0 bridgehead atoms. The molecular formula is C18H24ClNO5S. The number of hydrogen-bond acceptors (Lipinski definition) is 5. The van der Waals surface area contributed by atoms with Crippen molar-refractivity contribution in [3.63, 3.8) is 0 Å². The van der Waals surface area contributed by atoms with E-state index < -0.39 is 28.3 Å². The Morgan fingerprint density at radius 3 is 2.58 bits per heavy atom. The zero-order valence-corrected chi connectivity index (χ0v) is 16.4. The van der Waals surface area contributed by atoms with Crippen LogP contribution < -0.4 is 5.32 Å². The molecule has 0 aromatic heterocycles. The molecule has 2 rings (SSSR count). The number of esters is 1. The summed E-state index contributed by atoms with van der Waals surface area (Å²) >= 11 is 5.97. The quantitative estimate of drug-likeness (QED) is 0.705. The molecule has 0 atom stereocenters. The van der Waals surface area contributed by atoms with Crippen LogP contribution in [0.1, 0.15) is 44.9 Å². The number of carbonyl (C=O) groups is 2. The van der Waals surface area contributed by atoms with Crippen molar-refractivity contribution in [1.29, 1.82) is 0 Å². The van der Waals surface area contributed by atoms with E-state index >= 15 is 0 Å². The number of ether oxygens (including phenoxy) is 1. The molecule has 1 aromatic rings. The van der Waals surface area contributed by atoms with Gasteiger partial charge in [0.15, 0.2) is 16.4 Å². The second-order valence-corrected chi connectivity index (χ2v) is 9.09. The number of hydrogen-bond donors (Lipinski definition) is 1. The van der Waals surface area contributed by atoms with Crippen LogP contribution in [0.5, 0.6) is 0 Å². The summed E-state index contributed by atoms with van der Waals surface area (Å²) in [5.41, 5.74) is 0.165. The fourth-order valence-corrected chi connectivity index (χ4v) is 3.85. The van der Waals surface area contributed by atoms with E-state index in [9.17, 15) is 18.0 Å². The second kappa shape index (κ2) is 9.37. The topological polar surface area (TPSA) is 89.5 Å². The largest absolute Gasteiger partial charge is 0.456 e. The van der Waals surface area contributed by atoms with Crippen molar-refractivity contribution < 1.29 is 22.7 Å². The number of halogens is 1. The molecular weight excluding hydrogens is 378 g/mol. The number of anilines is 1. The van der Waals surface area contributed by atoms with Crippen molar-refractivity contribution in [3.8, 4) is 0 Å². The Kier molecular flexibility index (Phi) is 7.46. The molecule has 1 N–H and O–H groups in total. The molecule has 0 saturated heterocycles. The molecule has 1 aliphatic rings. The minimum absolute atomic E-state index is 0.0432. The van der Waals surface area contributed by atoms with Crippen LogP contribution in [0.4, 0.5) is 5.69 Å². The summed E-state index contributed by atoms with van der Waals surface area (Å²) in [7, 11) is -3.42. The van der Waals surface area contributed by atoms with Crippen LogP contribution in [0, 0.1) is 5.92 Å². The zero-order valence-electron chi connectivity index (χ0n) is 14.8. The first-order chi connectivity index (χ1) is 12.3. The first-order valence-electron chi connectivity index (χ1n) is 8.71. The van der Waals surface area contributed by atoms with Crippen molar-refractivity contribution in [2.45, 2.75) is 49.8 Å². The Morgan fingerprint density at radius 2 is 1.92 bits per heavy atom. The van der Waals surface area contributed by atoms with Crippen LogP contribution in [-0.2, 0) is 24.2 Å². The smallest absolute Gasteiger partial charge is 0.306 e. The third-order valence-corrected chi connectivity index (χ3v) is 5.93. The summed E-state index contributed by atoms with van der Waals surface area (Å²) < 4.78 is 28.1. The summed E-state index contributed by atoms with van der Waals surface area (Å²) in [5.74, 6) is -0.395. The fourth-order valence-electron chi connectivity index (χ4n) is 3.03. The van der Waals surface area contributed by atoms with E-state index in [0.29, 0.717) is 12.3 Å². The average Bonchev–Trinajstić information content (AvgIpc) is 2.60. The summed E-state index contributed by atoms with van der Waals surface area (Å²) in [5, 5.41) is 2.67. The highest BCUT2D eigenvalue weighted by Crippen LogP contribution is 2.27. The second-order valence-electron chi connectivity index (χ2n) is 6.67. The number of sulfone groups is 1. The number of carbonyl (C=O) groups excluding carboxylic acids is 2. The van der Waals surface area contributed by atoms with Crippen LogP contribution in [-0.4, -0.2) is 33.2 Å². The van der Waals surface area contributed by atoms with E-state index in [1.807, 2.05) is 0 Å². The van der Waals surface area contributed by atoms with Gasteiger partial charge in [-0.25, -0.2) is 8.42 Å². The molecule has 0 spiro atoms. The van der Waals surface area contributed by atoms with Crippen LogP contribution >= 0.6 is 11.6 Å². The highest BCUT2D eigenvalue weighted by atomic mass is 35.5. The van der Waals surface area contributed by atoms with E-state index in [4.69, 9.17) is 16.3 Å². The SMILES string of the molecule is CS(=O)(=O)c1ccc(Cl)c(NC(=O)COC(=O)CCC2CCCCC2)c1. The number of nitrogens with one attached hydrogen (secondary N) is 1. The first kappa shape index (κ1) is 20.7. The van der Waals surface area contributed by atoms with Crippen molar-refractivity contribution in [3.05, 3.63) is 23.2 Å². The fraction of sp³-hybridized carbons (Fsp3) is 0.556. The van der Waals surface area contributed by atoms with E-state index in [1.165, 1.54) is 37.5 Å². The summed E-state index contributed by atoms with van der Waals surface area (Å²) in [4.78, 5) is 23.8. The molecule has 1 saturated carbocycles. The molecule has 1 aliphatic carbocycles. The van der Waals surface area contributed by atoms with Gasteiger partial charge in [0, 0.05) is 12.7 Å². The molecule has 26 heavy (non-hydrogen) atoms. The van der Waals surface area contributed by atoms with E-state index in [0.717, 1.165) is 25.5 Å². The van der Waals surface area contributed by atoms with Gasteiger partial charge in [-0.15, -0.1) is 0 Å². The molecule has 1 fully saturated rings. The standard InChI is InChI=1S/C18H24ClNO5S/c1-26(23,24)14-8-9-15(19)16(11-14)20-17(21)12-25-18(22)10-7-13-5-3-2-4-6-13/h8-9,11,13H,2-7,10,12H2,1H3,(H,20,21). The maximum atomic E-state index is 11.9.